The van der Waals surface area contributed by atoms with Crippen molar-refractivity contribution in [1.29, 1.82) is 0 Å². The van der Waals surface area contributed by atoms with Crippen molar-refractivity contribution in [3.05, 3.63) is 0 Å². The van der Waals surface area contributed by atoms with Gasteiger partial charge in [0.25, 0.3) is 0 Å². The SMILES string of the molecule is CC(=O)N[C@H]1[C@H](OC[C@H]2OC(O)[C@H](NC(C)=O)[C@@H](O[C@@H]3O[C@H](CO)[C@H](O)[C@H](O)[C@H]3O)[C@H]2O)O[C@H](CO)[C@@H](O[C@@H]2O[C@H](CO)[C@H](O)[C@H](O[C@@H]3O[C@H](CO)[C@@H](O)[C@H](O)[C@H]3NC(C)=O)[C@H]2O)[C@@H]1O. The van der Waals surface area contributed by atoms with Gasteiger partial charge in [-0.2, -0.15) is 0 Å². The maximum atomic E-state index is 12.4. The van der Waals surface area contributed by atoms with Gasteiger partial charge in [-0.15, -0.1) is 0 Å². The maximum Gasteiger partial charge on any atom is 0.217 e. The minimum Gasteiger partial charge on any atom is -0.394 e. The summed E-state index contributed by atoms with van der Waals surface area (Å²) in [4.78, 5) is 36.5. The first-order valence-corrected chi connectivity index (χ1v) is 20.6. The maximum absolute atomic E-state index is 12.4. The number of aliphatic hydroxyl groups is 14. The van der Waals surface area contributed by atoms with Crippen molar-refractivity contribution in [2.24, 2.45) is 0 Å². The highest BCUT2D eigenvalue weighted by Gasteiger charge is 2.56. The largest absolute Gasteiger partial charge is 0.394 e. The molecule has 5 heterocycles. The Bertz CT molecular complexity index is 1560. The lowest BCUT2D eigenvalue weighted by molar-refractivity contribution is -0.371. The topological polar surface area (TPSA) is 454 Å². The molecule has 29 nitrogen and oxygen atoms in total. The van der Waals surface area contributed by atoms with Crippen LogP contribution < -0.4 is 16.0 Å². The molecule has 25 atom stereocenters. The second-order valence-electron chi connectivity index (χ2n) is 16.2. The van der Waals surface area contributed by atoms with Crippen LogP contribution in [0.15, 0.2) is 0 Å². The fraction of sp³-hybridized carbons (Fsp3) is 0.917. The first-order chi connectivity index (χ1) is 30.7. The molecule has 5 rings (SSSR count). The summed E-state index contributed by atoms with van der Waals surface area (Å²) in [7, 11) is 0. The van der Waals surface area contributed by atoms with Gasteiger partial charge < -0.3 is 130 Å². The van der Waals surface area contributed by atoms with Gasteiger partial charge in [-0.25, -0.2) is 0 Å². The van der Waals surface area contributed by atoms with E-state index >= 15 is 0 Å². The summed E-state index contributed by atoms with van der Waals surface area (Å²) >= 11 is 0. The highest BCUT2D eigenvalue weighted by molar-refractivity contribution is 5.74. The molecule has 0 saturated carbocycles. The minimum absolute atomic E-state index is 0.721. The van der Waals surface area contributed by atoms with Gasteiger partial charge in [0.2, 0.25) is 17.7 Å². The predicted octanol–water partition coefficient (Wildman–Crippen LogP) is -11.5. The summed E-state index contributed by atoms with van der Waals surface area (Å²) in [6.07, 6.45) is -39.4. The third kappa shape index (κ3) is 12.0. The summed E-state index contributed by atoms with van der Waals surface area (Å²) in [5, 5.41) is 156. The standard InChI is InChI=1S/C36H61N3O26/c1-9(44)37-17-24(51)20(47)12(4-40)59-34(17)65-31-22(49)14(6-42)61-36(28(31)55)63-29-15(7-43)62-33(18(25(29)52)38-10(2)45)57-8-16-23(50)30(19(32(56)58-16)39-11(3)46)64-35-27(54)26(53)21(48)13(5-41)60-35/h12-36,40-43,47-56H,4-8H2,1-3H3,(H,37,44)(H,38,45)(H,39,46)/t12-,13-,14-,15-,16-,17-,18-,19-,20-,21+,22+,23+,24-,25-,26+,27-,28-,29-,30-,31+,32?,33-,34+,35+,36+/m1/s1. The van der Waals surface area contributed by atoms with Crippen molar-refractivity contribution in [3.8, 4) is 0 Å². The molecule has 0 bridgehead atoms. The minimum atomic E-state index is -2.08. The number of aliphatic hydroxyl groups excluding tert-OH is 14. The molecule has 0 spiro atoms. The molecule has 0 aromatic carbocycles. The van der Waals surface area contributed by atoms with E-state index in [1.807, 2.05) is 0 Å². The van der Waals surface area contributed by atoms with Crippen LogP contribution in [0.3, 0.4) is 0 Å². The molecule has 29 heteroatoms. The Morgan fingerprint density at radius 3 is 1.35 bits per heavy atom. The van der Waals surface area contributed by atoms with E-state index in [2.05, 4.69) is 16.0 Å². The lowest BCUT2D eigenvalue weighted by Crippen LogP contribution is -2.69. The number of hydrogen-bond donors (Lipinski definition) is 17. The zero-order valence-electron chi connectivity index (χ0n) is 35.1. The Morgan fingerprint density at radius 2 is 0.815 bits per heavy atom. The van der Waals surface area contributed by atoms with Gasteiger partial charge in [-0.3, -0.25) is 14.4 Å². The summed E-state index contributed by atoms with van der Waals surface area (Å²) in [6.45, 7) is -1.17. The Labute approximate surface area is 369 Å². The molecule has 0 radical (unpaired) electrons. The number of carbonyl (C=O) groups excluding carboxylic acids is 3. The van der Waals surface area contributed by atoms with Crippen LogP contribution in [0.1, 0.15) is 20.8 Å². The molecule has 0 aliphatic carbocycles. The highest BCUT2D eigenvalue weighted by atomic mass is 16.8. The van der Waals surface area contributed by atoms with Gasteiger partial charge in [-0.05, 0) is 0 Å². The molecule has 5 saturated heterocycles. The predicted molar refractivity (Wildman–Crippen MR) is 201 cm³/mol. The van der Waals surface area contributed by atoms with Crippen LogP contribution in [0, 0.1) is 0 Å². The summed E-state index contributed by atoms with van der Waals surface area (Å²) < 4.78 is 51.1. The first-order valence-electron chi connectivity index (χ1n) is 20.6. The quantitative estimate of drug-likeness (QED) is 0.0683. The fourth-order valence-corrected chi connectivity index (χ4v) is 8.13. The molecule has 17 N–H and O–H groups in total. The summed E-state index contributed by atoms with van der Waals surface area (Å²) in [5.74, 6) is -2.23. The second-order valence-corrected chi connectivity index (χ2v) is 16.2. The van der Waals surface area contributed by atoms with Crippen molar-refractivity contribution in [1.82, 2.24) is 16.0 Å². The molecule has 0 aromatic rings. The van der Waals surface area contributed by atoms with Crippen molar-refractivity contribution >= 4 is 17.7 Å². The lowest BCUT2D eigenvalue weighted by Gasteiger charge is -2.49. The van der Waals surface area contributed by atoms with Crippen molar-refractivity contribution in [3.63, 3.8) is 0 Å². The van der Waals surface area contributed by atoms with E-state index in [-0.39, 0.29) is 0 Å². The third-order valence-electron chi connectivity index (χ3n) is 11.5. The van der Waals surface area contributed by atoms with Gasteiger partial charge in [0, 0.05) is 20.8 Å². The fourth-order valence-electron chi connectivity index (χ4n) is 8.13. The number of ether oxygens (including phenoxy) is 9. The van der Waals surface area contributed by atoms with Gasteiger partial charge in [0.05, 0.1) is 33.0 Å². The van der Waals surface area contributed by atoms with Gasteiger partial charge in [0.15, 0.2) is 31.5 Å². The molecular formula is C36H61N3O26. The summed E-state index contributed by atoms with van der Waals surface area (Å²) in [6, 6.07) is -4.73. The van der Waals surface area contributed by atoms with E-state index in [0.29, 0.717) is 0 Å². The summed E-state index contributed by atoms with van der Waals surface area (Å²) in [5.41, 5.74) is 0. The first kappa shape index (κ1) is 53.4. The van der Waals surface area contributed by atoms with Gasteiger partial charge >= 0.3 is 0 Å². The van der Waals surface area contributed by atoms with E-state index in [9.17, 15) is 85.9 Å². The zero-order valence-corrected chi connectivity index (χ0v) is 35.1. The third-order valence-corrected chi connectivity index (χ3v) is 11.5. The van der Waals surface area contributed by atoms with E-state index in [4.69, 9.17) is 42.6 Å². The highest BCUT2D eigenvalue weighted by Crippen LogP contribution is 2.34. The van der Waals surface area contributed by atoms with Crippen LogP contribution in [-0.2, 0) is 57.0 Å². The number of hydrogen-bond acceptors (Lipinski definition) is 26. The lowest BCUT2D eigenvalue weighted by atomic mass is 9.94. The van der Waals surface area contributed by atoms with E-state index in [1.165, 1.54) is 0 Å². The number of nitrogens with one attached hydrogen (secondary N) is 3. The Morgan fingerprint density at radius 1 is 0.400 bits per heavy atom. The van der Waals surface area contributed by atoms with Crippen LogP contribution in [-0.4, -0.2) is 276 Å². The normalized spacial score (nSPS) is 47.1. The Kier molecular flexibility index (Phi) is 19.1. The average molecular weight is 952 g/mol. The number of rotatable bonds is 16. The van der Waals surface area contributed by atoms with Gasteiger partial charge in [-0.1, -0.05) is 0 Å². The molecule has 65 heavy (non-hydrogen) atoms. The van der Waals surface area contributed by atoms with Crippen LogP contribution in [0.4, 0.5) is 0 Å². The average Bonchev–Trinajstić information content (AvgIpc) is 3.25. The second kappa shape index (κ2) is 23.2. The van der Waals surface area contributed by atoms with Crippen LogP contribution in [0.25, 0.3) is 0 Å². The van der Waals surface area contributed by atoms with E-state index < -0.39 is 204 Å². The van der Waals surface area contributed by atoms with Crippen LogP contribution in [0.2, 0.25) is 0 Å². The number of carbonyl (C=O) groups is 3. The van der Waals surface area contributed by atoms with Crippen molar-refractivity contribution < 1.29 is 129 Å². The molecule has 5 aliphatic rings. The molecule has 5 fully saturated rings. The molecule has 3 amide bonds. The van der Waals surface area contributed by atoms with E-state index in [1.54, 1.807) is 0 Å². The van der Waals surface area contributed by atoms with Crippen molar-refractivity contribution in [2.45, 2.75) is 174 Å². The Hall–Kier alpha value is -2.51. The molecule has 376 valence electrons. The van der Waals surface area contributed by atoms with Gasteiger partial charge in [0.1, 0.15) is 122 Å². The van der Waals surface area contributed by atoms with Crippen LogP contribution in [0.5, 0.6) is 0 Å². The van der Waals surface area contributed by atoms with E-state index in [0.717, 1.165) is 20.8 Å². The monoisotopic (exact) mass is 951 g/mol. The molecular weight excluding hydrogens is 890 g/mol. The smallest absolute Gasteiger partial charge is 0.217 e. The van der Waals surface area contributed by atoms with Crippen molar-refractivity contribution in [2.75, 3.05) is 33.0 Å². The molecule has 1 unspecified atom stereocenters. The molecule has 0 aromatic heterocycles. The van der Waals surface area contributed by atoms with Crippen LogP contribution >= 0.6 is 0 Å². The Balaban J connectivity index is 1.33. The number of amides is 3. The molecule has 5 aliphatic heterocycles. The zero-order chi connectivity index (χ0) is 48.2.